The predicted molar refractivity (Wildman–Crippen MR) is 65.2 cm³/mol. The summed E-state index contributed by atoms with van der Waals surface area (Å²) in [6.45, 7) is 3.43. The lowest BCUT2D eigenvalue weighted by molar-refractivity contribution is 0.399. The Morgan fingerprint density at radius 2 is 2.13 bits per heavy atom. The van der Waals surface area contributed by atoms with E-state index in [1.54, 1.807) is 0 Å². The molecule has 1 heteroatoms. The molecule has 1 N–H and O–H groups in total. The van der Waals surface area contributed by atoms with Crippen molar-refractivity contribution >= 4 is 0 Å². The number of hydrogen-bond acceptors (Lipinski definition) is 1. The van der Waals surface area contributed by atoms with Crippen molar-refractivity contribution in [3.63, 3.8) is 0 Å². The first kappa shape index (κ1) is 10.7. The highest BCUT2D eigenvalue weighted by molar-refractivity contribution is 5.24. The quantitative estimate of drug-likeness (QED) is 0.796. The van der Waals surface area contributed by atoms with Crippen LogP contribution < -0.4 is 5.32 Å². The van der Waals surface area contributed by atoms with E-state index in [2.05, 4.69) is 36.5 Å². The van der Waals surface area contributed by atoms with Crippen molar-refractivity contribution in [1.29, 1.82) is 0 Å². The van der Waals surface area contributed by atoms with Crippen molar-refractivity contribution in [3.8, 4) is 0 Å². The summed E-state index contributed by atoms with van der Waals surface area (Å²) in [4.78, 5) is 0. The first-order chi connectivity index (χ1) is 7.38. The lowest BCUT2D eigenvalue weighted by atomic mass is 9.96. The average Bonchev–Trinajstić information content (AvgIpc) is 2.31. The van der Waals surface area contributed by atoms with Crippen LogP contribution in [0.2, 0.25) is 0 Å². The summed E-state index contributed by atoms with van der Waals surface area (Å²) in [5.41, 5.74) is 2.96. The Morgan fingerprint density at radius 1 is 1.27 bits per heavy atom. The summed E-state index contributed by atoms with van der Waals surface area (Å²) in [7, 11) is 0. The second-order valence-electron chi connectivity index (χ2n) is 4.52. The van der Waals surface area contributed by atoms with Gasteiger partial charge in [-0.25, -0.2) is 0 Å². The number of benzene rings is 1. The third-order valence-corrected chi connectivity index (χ3v) is 3.29. The monoisotopic (exact) mass is 203 g/mol. The summed E-state index contributed by atoms with van der Waals surface area (Å²) in [6.07, 6.45) is 6.44. The van der Waals surface area contributed by atoms with Gasteiger partial charge < -0.3 is 5.32 Å². The Labute approximate surface area is 92.9 Å². The van der Waals surface area contributed by atoms with Crippen molar-refractivity contribution in [2.24, 2.45) is 0 Å². The van der Waals surface area contributed by atoms with Crippen LogP contribution in [0.4, 0.5) is 0 Å². The summed E-state index contributed by atoms with van der Waals surface area (Å²) in [5.74, 6) is 0. The molecule has 1 atom stereocenters. The van der Waals surface area contributed by atoms with E-state index in [1.807, 2.05) is 0 Å². The van der Waals surface area contributed by atoms with Gasteiger partial charge in [-0.2, -0.15) is 0 Å². The molecule has 1 aromatic carbocycles. The van der Waals surface area contributed by atoms with E-state index < -0.39 is 0 Å². The summed E-state index contributed by atoms with van der Waals surface area (Å²) in [5, 5.41) is 3.61. The van der Waals surface area contributed by atoms with Crippen LogP contribution in [0, 0.1) is 0 Å². The van der Waals surface area contributed by atoms with Crippen LogP contribution >= 0.6 is 0 Å². The molecule has 1 saturated heterocycles. The zero-order valence-electron chi connectivity index (χ0n) is 9.63. The van der Waals surface area contributed by atoms with Gasteiger partial charge in [0.25, 0.3) is 0 Å². The van der Waals surface area contributed by atoms with E-state index in [0.29, 0.717) is 6.04 Å². The Kier molecular flexibility index (Phi) is 3.79. The van der Waals surface area contributed by atoms with Crippen LogP contribution in [0.5, 0.6) is 0 Å². The highest BCUT2D eigenvalue weighted by Gasteiger charge is 2.12. The summed E-state index contributed by atoms with van der Waals surface area (Å²) < 4.78 is 0. The fraction of sp³-hybridized carbons (Fsp3) is 0.571. The molecule has 0 spiro atoms. The van der Waals surface area contributed by atoms with Gasteiger partial charge in [0.2, 0.25) is 0 Å². The molecule has 0 aliphatic carbocycles. The van der Waals surface area contributed by atoms with E-state index in [9.17, 15) is 0 Å². The molecule has 82 valence electrons. The molecule has 1 nitrogen and oxygen atoms in total. The van der Waals surface area contributed by atoms with Crippen molar-refractivity contribution in [2.75, 3.05) is 6.54 Å². The molecule has 2 rings (SSSR count). The van der Waals surface area contributed by atoms with Crippen molar-refractivity contribution in [1.82, 2.24) is 5.32 Å². The molecule has 0 bridgehead atoms. The molecule has 1 aliphatic rings. The molecule has 0 amide bonds. The van der Waals surface area contributed by atoms with Gasteiger partial charge in [0.05, 0.1) is 0 Å². The smallest absolute Gasteiger partial charge is 0.0107 e. The molecular formula is C14H21N. The van der Waals surface area contributed by atoms with Crippen molar-refractivity contribution < 1.29 is 0 Å². The number of hydrogen-bond donors (Lipinski definition) is 1. The number of aryl methyl sites for hydroxylation is 1. The molecule has 1 aromatic rings. The molecular weight excluding hydrogens is 182 g/mol. The van der Waals surface area contributed by atoms with Gasteiger partial charge in [-0.15, -0.1) is 0 Å². The Morgan fingerprint density at radius 3 is 2.87 bits per heavy atom. The molecule has 0 aromatic heterocycles. The first-order valence-electron chi connectivity index (χ1n) is 6.19. The number of rotatable bonds is 3. The highest BCUT2D eigenvalue weighted by atomic mass is 14.9. The van der Waals surface area contributed by atoms with Gasteiger partial charge in [-0.3, -0.25) is 0 Å². The molecule has 1 aliphatic heterocycles. The van der Waals surface area contributed by atoms with E-state index in [1.165, 1.54) is 43.4 Å². The minimum Gasteiger partial charge on any atom is -0.314 e. The van der Waals surface area contributed by atoms with Gasteiger partial charge in [-0.1, -0.05) is 37.6 Å². The molecule has 0 saturated carbocycles. The normalized spacial score (nSPS) is 21.5. The largest absolute Gasteiger partial charge is 0.314 e. The third kappa shape index (κ3) is 3.07. The lowest BCUT2D eigenvalue weighted by Crippen LogP contribution is -2.35. The van der Waals surface area contributed by atoms with Crippen molar-refractivity contribution in [2.45, 2.75) is 45.1 Å². The van der Waals surface area contributed by atoms with E-state index in [0.717, 1.165) is 6.42 Å². The van der Waals surface area contributed by atoms with Crippen LogP contribution in [0.25, 0.3) is 0 Å². The fourth-order valence-electron chi connectivity index (χ4n) is 2.36. The predicted octanol–water partition coefficient (Wildman–Crippen LogP) is 2.93. The number of piperidine rings is 1. The molecule has 0 radical (unpaired) electrons. The van der Waals surface area contributed by atoms with E-state index in [4.69, 9.17) is 0 Å². The van der Waals surface area contributed by atoms with Gasteiger partial charge in [0.1, 0.15) is 0 Å². The van der Waals surface area contributed by atoms with Crippen LogP contribution in [-0.2, 0) is 12.8 Å². The van der Waals surface area contributed by atoms with Gasteiger partial charge in [-0.05, 0) is 43.4 Å². The Bertz CT molecular complexity index is 300. The van der Waals surface area contributed by atoms with Gasteiger partial charge in [0, 0.05) is 6.04 Å². The van der Waals surface area contributed by atoms with Crippen LogP contribution in [-0.4, -0.2) is 12.6 Å². The van der Waals surface area contributed by atoms with E-state index >= 15 is 0 Å². The molecule has 15 heavy (non-hydrogen) atoms. The lowest BCUT2D eigenvalue weighted by Gasteiger charge is -2.23. The number of nitrogens with one attached hydrogen (secondary N) is 1. The zero-order chi connectivity index (χ0) is 10.5. The van der Waals surface area contributed by atoms with Crippen LogP contribution in [0.3, 0.4) is 0 Å². The first-order valence-corrected chi connectivity index (χ1v) is 6.19. The maximum Gasteiger partial charge on any atom is 0.0107 e. The molecule has 1 fully saturated rings. The zero-order valence-corrected chi connectivity index (χ0v) is 9.63. The Balaban J connectivity index is 1.96. The second-order valence-corrected chi connectivity index (χ2v) is 4.52. The fourth-order valence-corrected chi connectivity index (χ4v) is 2.36. The van der Waals surface area contributed by atoms with Crippen LogP contribution in [0.1, 0.15) is 37.3 Å². The minimum absolute atomic E-state index is 0.714. The maximum absolute atomic E-state index is 3.61. The topological polar surface area (TPSA) is 12.0 Å². The SMILES string of the molecule is CCc1cccc(CC2CCCCN2)c1. The summed E-state index contributed by atoms with van der Waals surface area (Å²) >= 11 is 0. The van der Waals surface area contributed by atoms with E-state index in [-0.39, 0.29) is 0 Å². The average molecular weight is 203 g/mol. The van der Waals surface area contributed by atoms with Crippen molar-refractivity contribution in [3.05, 3.63) is 35.4 Å². The minimum atomic E-state index is 0.714. The second kappa shape index (κ2) is 5.32. The Hall–Kier alpha value is -0.820. The summed E-state index contributed by atoms with van der Waals surface area (Å²) in [6, 6.07) is 9.74. The molecule has 1 unspecified atom stereocenters. The van der Waals surface area contributed by atoms with Crippen LogP contribution in [0.15, 0.2) is 24.3 Å². The molecule has 1 heterocycles. The van der Waals surface area contributed by atoms with Gasteiger partial charge in [0.15, 0.2) is 0 Å². The van der Waals surface area contributed by atoms with Gasteiger partial charge >= 0.3 is 0 Å². The highest BCUT2D eigenvalue weighted by Crippen LogP contribution is 2.14. The third-order valence-electron chi connectivity index (χ3n) is 3.29. The maximum atomic E-state index is 3.61. The standard InChI is InChI=1S/C14H21N/c1-2-12-6-5-7-13(10-12)11-14-8-3-4-9-15-14/h5-7,10,14-15H,2-4,8-9,11H2,1H3.